The lowest BCUT2D eigenvalue weighted by molar-refractivity contribution is -0.384. The molecule has 0 saturated carbocycles. The molecule has 2 aromatic carbocycles. The number of hydrogen-bond acceptors (Lipinski definition) is 7. The standard InChI is InChI=1S/C17H15N3O4S/c1-12-5-2-3-8-15(12)23-9-10-25-17-19-18-16(24-17)13-6-4-7-14(11-13)20(21)22/h2-8,11H,9-10H2,1H3. The van der Waals surface area contributed by atoms with Gasteiger partial charge in [0.25, 0.3) is 10.9 Å². The normalized spacial score (nSPS) is 10.6. The number of nitro groups is 1. The average Bonchev–Trinajstić information content (AvgIpc) is 3.09. The van der Waals surface area contributed by atoms with Gasteiger partial charge in [0.2, 0.25) is 5.89 Å². The smallest absolute Gasteiger partial charge is 0.276 e. The highest BCUT2D eigenvalue weighted by Crippen LogP contribution is 2.26. The first kappa shape index (κ1) is 17.0. The third kappa shape index (κ3) is 4.36. The summed E-state index contributed by atoms with van der Waals surface area (Å²) in [5.41, 5.74) is 1.58. The zero-order valence-corrected chi connectivity index (χ0v) is 14.2. The van der Waals surface area contributed by atoms with E-state index in [2.05, 4.69) is 10.2 Å². The number of thioether (sulfide) groups is 1. The van der Waals surface area contributed by atoms with Crippen molar-refractivity contribution < 1.29 is 14.1 Å². The van der Waals surface area contributed by atoms with Crippen molar-refractivity contribution in [2.45, 2.75) is 12.1 Å². The van der Waals surface area contributed by atoms with Crippen molar-refractivity contribution in [2.24, 2.45) is 0 Å². The van der Waals surface area contributed by atoms with Gasteiger partial charge in [-0.15, -0.1) is 10.2 Å². The molecule has 3 aromatic rings. The molecule has 0 aliphatic rings. The Morgan fingerprint density at radius 1 is 1.20 bits per heavy atom. The Labute approximate surface area is 148 Å². The summed E-state index contributed by atoms with van der Waals surface area (Å²) in [6.07, 6.45) is 0. The van der Waals surface area contributed by atoms with Gasteiger partial charge >= 0.3 is 0 Å². The molecule has 0 atom stereocenters. The molecule has 1 heterocycles. The van der Waals surface area contributed by atoms with Crippen molar-refractivity contribution in [3.05, 3.63) is 64.2 Å². The van der Waals surface area contributed by atoms with Crippen molar-refractivity contribution in [3.63, 3.8) is 0 Å². The molecule has 8 heteroatoms. The van der Waals surface area contributed by atoms with Crippen molar-refractivity contribution in [1.29, 1.82) is 0 Å². The molecule has 0 aliphatic heterocycles. The van der Waals surface area contributed by atoms with E-state index in [1.165, 1.54) is 23.9 Å². The van der Waals surface area contributed by atoms with Crippen LogP contribution in [0.3, 0.4) is 0 Å². The van der Waals surface area contributed by atoms with E-state index in [1.807, 2.05) is 31.2 Å². The predicted molar refractivity (Wildman–Crippen MR) is 93.8 cm³/mol. The summed E-state index contributed by atoms with van der Waals surface area (Å²) in [6.45, 7) is 2.50. The quantitative estimate of drug-likeness (QED) is 0.272. The van der Waals surface area contributed by atoms with E-state index in [0.29, 0.717) is 23.1 Å². The zero-order chi connectivity index (χ0) is 17.6. The third-order valence-electron chi connectivity index (χ3n) is 3.37. The van der Waals surface area contributed by atoms with Crippen LogP contribution < -0.4 is 4.74 Å². The Kier molecular flexibility index (Phi) is 5.30. The fourth-order valence-corrected chi connectivity index (χ4v) is 2.71. The van der Waals surface area contributed by atoms with Crippen LogP contribution in [-0.2, 0) is 0 Å². The topological polar surface area (TPSA) is 91.3 Å². The Hall–Kier alpha value is -2.87. The van der Waals surface area contributed by atoms with Crippen LogP contribution in [0.1, 0.15) is 5.56 Å². The van der Waals surface area contributed by atoms with Crippen LogP contribution in [0, 0.1) is 17.0 Å². The lowest BCUT2D eigenvalue weighted by Crippen LogP contribution is -2.01. The van der Waals surface area contributed by atoms with Crippen LogP contribution in [0.4, 0.5) is 5.69 Å². The number of aryl methyl sites for hydroxylation is 1. The molecule has 0 unspecified atom stereocenters. The molecule has 0 N–H and O–H groups in total. The maximum absolute atomic E-state index is 10.8. The van der Waals surface area contributed by atoms with Crippen LogP contribution in [0.5, 0.6) is 5.75 Å². The van der Waals surface area contributed by atoms with E-state index in [0.717, 1.165) is 11.3 Å². The molecule has 0 fully saturated rings. The number of para-hydroxylation sites is 1. The zero-order valence-electron chi connectivity index (χ0n) is 13.4. The van der Waals surface area contributed by atoms with Gasteiger partial charge in [0.05, 0.1) is 11.5 Å². The SMILES string of the molecule is Cc1ccccc1OCCSc1nnc(-c2cccc([N+](=O)[O-])c2)o1. The summed E-state index contributed by atoms with van der Waals surface area (Å²) in [6, 6.07) is 13.9. The number of non-ortho nitro benzene ring substituents is 1. The average molecular weight is 357 g/mol. The minimum absolute atomic E-state index is 0.0171. The van der Waals surface area contributed by atoms with Crippen LogP contribution in [0.25, 0.3) is 11.5 Å². The highest BCUT2D eigenvalue weighted by Gasteiger charge is 2.13. The van der Waals surface area contributed by atoms with Crippen molar-refractivity contribution in [3.8, 4) is 17.2 Å². The fourth-order valence-electron chi connectivity index (χ4n) is 2.14. The van der Waals surface area contributed by atoms with Gasteiger partial charge in [-0.1, -0.05) is 36.0 Å². The molecule has 0 aliphatic carbocycles. The molecule has 3 rings (SSSR count). The Balaban J connectivity index is 1.56. The second kappa shape index (κ2) is 7.80. The van der Waals surface area contributed by atoms with Gasteiger partial charge < -0.3 is 9.15 Å². The van der Waals surface area contributed by atoms with E-state index in [9.17, 15) is 10.1 Å². The van der Waals surface area contributed by atoms with Gasteiger partial charge in [-0.05, 0) is 24.6 Å². The molecule has 0 saturated heterocycles. The molecule has 0 bridgehead atoms. The lowest BCUT2D eigenvalue weighted by atomic mass is 10.2. The summed E-state index contributed by atoms with van der Waals surface area (Å²) in [7, 11) is 0. The summed E-state index contributed by atoms with van der Waals surface area (Å²) < 4.78 is 11.2. The first-order valence-electron chi connectivity index (χ1n) is 7.53. The summed E-state index contributed by atoms with van der Waals surface area (Å²) >= 11 is 1.37. The molecular formula is C17H15N3O4S. The Morgan fingerprint density at radius 2 is 2.04 bits per heavy atom. The minimum Gasteiger partial charge on any atom is -0.492 e. The van der Waals surface area contributed by atoms with Gasteiger partial charge in [-0.25, -0.2) is 0 Å². The number of aromatic nitrogens is 2. The number of nitro benzene ring substituents is 1. The van der Waals surface area contributed by atoms with Gasteiger partial charge in [-0.2, -0.15) is 0 Å². The summed E-state index contributed by atoms with van der Waals surface area (Å²) in [5.74, 6) is 1.75. The molecule has 7 nitrogen and oxygen atoms in total. The van der Waals surface area contributed by atoms with E-state index in [4.69, 9.17) is 9.15 Å². The van der Waals surface area contributed by atoms with E-state index in [-0.39, 0.29) is 11.6 Å². The van der Waals surface area contributed by atoms with Gasteiger partial charge in [0.1, 0.15) is 5.75 Å². The second-order valence-electron chi connectivity index (χ2n) is 5.14. The molecule has 0 spiro atoms. The number of ether oxygens (including phenoxy) is 1. The fraction of sp³-hybridized carbons (Fsp3) is 0.176. The van der Waals surface area contributed by atoms with Crippen LogP contribution in [0.15, 0.2) is 58.2 Å². The van der Waals surface area contributed by atoms with Crippen LogP contribution in [0.2, 0.25) is 0 Å². The van der Waals surface area contributed by atoms with Crippen molar-refractivity contribution in [2.75, 3.05) is 12.4 Å². The third-order valence-corrected chi connectivity index (χ3v) is 4.15. The number of rotatable bonds is 7. The van der Waals surface area contributed by atoms with Crippen LogP contribution >= 0.6 is 11.8 Å². The predicted octanol–water partition coefficient (Wildman–Crippen LogP) is 4.12. The number of nitrogens with zero attached hydrogens (tertiary/aromatic N) is 3. The minimum atomic E-state index is -0.460. The van der Waals surface area contributed by atoms with Crippen LogP contribution in [-0.4, -0.2) is 27.5 Å². The molecule has 0 radical (unpaired) electrons. The monoisotopic (exact) mass is 357 g/mol. The summed E-state index contributed by atoms with van der Waals surface area (Å²) in [5, 5.41) is 19.1. The number of benzene rings is 2. The Bertz CT molecular complexity index is 882. The first-order chi connectivity index (χ1) is 12.1. The van der Waals surface area contributed by atoms with Gasteiger partial charge in [0.15, 0.2) is 0 Å². The largest absolute Gasteiger partial charge is 0.492 e. The van der Waals surface area contributed by atoms with Gasteiger partial charge in [-0.3, -0.25) is 10.1 Å². The lowest BCUT2D eigenvalue weighted by Gasteiger charge is -2.07. The van der Waals surface area contributed by atoms with E-state index >= 15 is 0 Å². The maximum Gasteiger partial charge on any atom is 0.276 e. The van der Waals surface area contributed by atoms with E-state index in [1.54, 1.807) is 12.1 Å². The maximum atomic E-state index is 10.8. The summed E-state index contributed by atoms with van der Waals surface area (Å²) in [4.78, 5) is 10.4. The first-order valence-corrected chi connectivity index (χ1v) is 8.51. The molecule has 1 aromatic heterocycles. The van der Waals surface area contributed by atoms with E-state index < -0.39 is 4.92 Å². The van der Waals surface area contributed by atoms with Crippen molar-refractivity contribution >= 4 is 17.4 Å². The molecule has 25 heavy (non-hydrogen) atoms. The number of hydrogen-bond donors (Lipinski definition) is 0. The van der Waals surface area contributed by atoms with Crippen molar-refractivity contribution in [1.82, 2.24) is 10.2 Å². The molecular weight excluding hydrogens is 342 g/mol. The molecule has 0 amide bonds. The second-order valence-corrected chi connectivity index (χ2v) is 6.19. The highest BCUT2D eigenvalue weighted by molar-refractivity contribution is 7.99. The van der Waals surface area contributed by atoms with Gasteiger partial charge in [0, 0.05) is 23.4 Å². The Morgan fingerprint density at radius 3 is 2.84 bits per heavy atom. The highest BCUT2D eigenvalue weighted by atomic mass is 32.2. The molecule has 128 valence electrons.